The van der Waals surface area contributed by atoms with E-state index in [1.165, 1.54) is 0 Å². The first-order valence-corrected chi connectivity index (χ1v) is 11.0. The Hall–Kier alpha value is -2.60. The fourth-order valence-corrected chi connectivity index (χ4v) is 5.26. The summed E-state index contributed by atoms with van der Waals surface area (Å²) in [7, 11) is -3.79. The molecule has 2 atom stereocenters. The number of oxazole rings is 1. The zero-order valence-corrected chi connectivity index (χ0v) is 16.9. The Balaban J connectivity index is 1.85. The van der Waals surface area contributed by atoms with E-state index in [4.69, 9.17) is 4.42 Å². The van der Waals surface area contributed by atoms with Gasteiger partial charge in [-0.1, -0.05) is 50.2 Å². The highest BCUT2D eigenvalue weighted by atomic mass is 32.2. The molecule has 0 saturated carbocycles. The lowest BCUT2D eigenvalue weighted by molar-refractivity contribution is 0.342. The van der Waals surface area contributed by atoms with Gasteiger partial charge in [0.1, 0.15) is 0 Å². The number of benzene rings is 2. The average molecular weight is 397 g/mol. The highest BCUT2D eigenvalue weighted by Crippen LogP contribution is 2.37. The molecule has 1 aromatic heterocycles. The summed E-state index contributed by atoms with van der Waals surface area (Å²) >= 11 is 0. The lowest BCUT2D eigenvalue weighted by Gasteiger charge is -2.34. The summed E-state index contributed by atoms with van der Waals surface area (Å²) in [5, 5.41) is -0.00106. The molecule has 0 N–H and O–H groups in total. The molecule has 146 valence electrons. The minimum atomic E-state index is -3.79. The SMILES string of the molecule is C[C@@H]1C[C@H](C)CN(c2oc(-c3ccccc3)nc2S(=O)(=O)c2ccccc2)C1. The maximum absolute atomic E-state index is 13.4. The van der Waals surface area contributed by atoms with Crippen molar-refractivity contribution < 1.29 is 12.8 Å². The number of piperidine rings is 1. The van der Waals surface area contributed by atoms with Crippen LogP contribution in [0.1, 0.15) is 20.3 Å². The Morgan fingerprint density at radius 2 is 1.50 bits per heavy atom. The van der Waals surface area contributed by atoms with Gasteiger partial charge in [-0.3, -0.25) is 0 Å². The molecule has 1 saturated heterocycles. The maximum Gasteiger partial charge on any atom is 0.236 e. The van der Waals surface area contributed by atoms with Crippen molar-refractivity contribution in [1.82, 2.24) is 4.98 Å². The lowest BCUT2D eigenvalue weighted by Crippen LogP contribution is -2.39. The van der Waals surface area contributed by atoms with E-state index in [1.807, 2.05) is 35.2 Å². The third-order valence-electron chi connectivity index (χ3n) is 5.06. The first kappa shape index (κ1) is 18.7. The number of nitrogens with zero attached hydrogens (tertiary/aromatic N) is 2. The highest BCUT2D eigenvalue weighted by molar-refractivity contribution is 7.91. The molecule has 3 aromatic rings. The van der Waals surface area contributed by atoms with Crippen molar-refractivity contribution in [2.45, 2.75) is 30.2 Å². The Kier molecular flexibility index (Phi) is 4.98. The molecular formula is C22H24N2O3S. The monoisotopic (exact) mass is 396 g/mol. The van der Waals surface area contributed by atoms with E-state index in [0.717, 1.165) is 25.1 Å². The molecule has 5 nitrogen and oxygen atoms in total. The van der Waals surface area contributed by atoms with Crippen molar-refractivity contribution in [1.29, 1.82) is 0 Å². The van der Waals surface area contributed by atoms with Gasteiger partial charge in [-0.05, 0) is 42.5 Å². The standard InChI is InChI=1S/C22H24N2O3S/c1-16-13-17(2)15-24(14-16)22-21(28(25,26)19-11-7-4-8-12-19)23-20(27-22)18-9-5-3-6-10-18/h3-12,16-17H,13-15H2,1-2H3/t16-,17+. The Bertz CT molecular complexity index is 1040. The summed E-state index contributed by atoms with van der Waals surface area (Å²) in [6, 6.07) is 17.8. The van der Waals surface area contributed by atoms with Crippen molar-refractivity contribution in [3.05, 3.63) is 60.7 Å². The van der Waals surface area contributed by atoms with Gasteiger partial charge < -0.3 is 9.32 Å². The summed E-state index contributed by atoms with van der Waals surface area (Å²) in [4.78, 5) is 6.72. The van der Waals surface area contributed by atoms with Crippen LogP contribution in [0.25, 0.3) is 11.5 Å². The van der Waals surface area contributed by atoms with Crippen molar-refractivity contribution >= 4 is 15.7 Å². The molecule has 28 heavy (non-hydrogen) atoms. The van der Waals surface area contributed by atoms with Crippen LogP contribution in [0.15, 0.2) is 75.0 Å². The van der Waals surface area contributed by atoms with E-state index in [9.17, 15) is 8.42 Å². The van der Waals surface area contributed by atoms with Crippen LogP contribution >= 0.6 is 0 Å². The molecule has 6 heteroatoms. The average Bonchev–Trinajstić information content (AvgIpc) is 3.15. The molecule has 0 aliphatic carbocycles. The van der Waals surface area contributed by atoms with Crippen molar-refractivity contribution in [2.24, 2.45) is 11.8 Å². The molecule has 0 unspecified atom stereocenters. The smallest absolute Gasteiger partial charge is 0.236 e. The molecule has 0 radical (unpaired) electrons. The van der Waals surface area contributed by atoms with Gasteiger partial charge >= 0.3 is 0 Å². The van der Waals surface area contributed by atoms with Crippen molar-refractivity contribution in [3.63, 3.8) is 0 Å². The highest BCUT2D eigenvalue weighted by Gasteiger charge is 2.34. The summed E-state index contributed by atoms with van der Waals surface area (Å²) in [6.45, 7) is 5.88. The van der Waals surface area contributed by atoms with Crippen LogP contribution in [0.2, 0.25) is 0 Å². The van der Waals surface area contributed by atoms with Gasteiger partial charge in [-0.25, -0.2) is 8.42 Å². The van der Waals surface area contributed by atoms with E-state index in [2.05, 4.69) is 18.8 Å². The number of aromatic nitrogens is 1. The minimum absolute atomic E-state index is 0.00106. The molecule has 0 spiro atoms. The van der Waals surface area contributed by atoms with E-state index in [0.29, 0.717) is 23.6 Å². The zero-order valence-electron chi connectivity index (χ0n) is 16.1. The molecule has 1 aliphatic rings. The third-order valence-corrected chi connectivity index (χ3v) is 6.73. The number of hydrogen-bond donors (Lipinski definition) is 0. The fourth-order valence-electron chi connectivity index (χ4n) is 3.92. The predicted octanol–water partition coefficient (Wildman–Crippen LogP) is 4.66. The molecule has 0 amide bonds. The number of anilines is 1. The third kappa shape index (κ3) is 3.56. The van der Waals surface area contributed by atoms with Gasteiger partial charge in [-0.2, -0.15) is 4.98 Å². The molecular weight excluding hydrogens is 372 g/mol. The molecule has 2 heterocycles. The quantitative estimate of drug-likeness (QED) is 0.642. The van der Waals surface area contributed by atoms with E-state index < -0.39 is 9.84 Å². The van der Waals surface area contributed by atoms with Gasteiger partial charge in [0.05, 0.1) is 4.90 Å². The lowest BCUT2D eigenvalue weighted by atomic mass is 9.92. The van der Waals surface area contributed by atoms with Crippen LogP contribution < -0.4 is 4.90 Å². The second-order valence-corrected chi connectivity index (χ2v) is 9.53. The molecule has 2 aromatic carbocycles. The van der Waals surface area contributed by atoms with Crippen LogP contribution in [0, 0.1) is 11.8 Å². The number of sulfone groups is 1. The van der Waals surface area contributed by atoms with Crippen LogP contribution in [-0.4, -0.2) is 26.5 Å². The van der Waals surface area contributed by atoms with Gasteiger partial charge in [0.25, 0.3) is 0 Å². The summed E-state index contributed by atoms with van der Waals surface area (Å²) < 4.78 is 32.8. The predicted molar refractivity (Wildman–Crippen MR) is 109 cm³/mol. The van der Waals surface area contributed by atoms with E-state index in [1.54, 1.807) is 30.3 Å². The zero-order chi connectivity index (χ0) is 19.7. The van der Waals surface area contributed by atoms with Crippen LogP contribution in [0.4, 0.5) is 5.88 Å². The fraction of sp³-hybridized carbons (Fsp3) is 0.318. The summed E-state index contributed by atoms with van der Waals surface area (Å²) in [5.74, 6) is 1.60. The number of rotatable bonds is 4. The normalized spacial score (nSPS) is 20.3. The van der Waals surface area contributed by atoms with Gasteiger partial charge in [-0.15, -0.1) is 0 Å². The second kappa shape index (κ2) is 7.43. The van der Waals surface area contributed by atoms with Crippen molar-refractivity contribution in [3.8, 4) is 11.5 Å². The first-order chi connectivity index (χ1) is 13.4. The summed E-state index contributed by atoms with van der Waals surface area (Å²) in [6.07, 6.45) is 1.12. The van der Waals surface area contributed by atoms with E-state index in [-0.39, 0.29) is 9.92 Å². The van der Waals surface area contributed by atoms with Crippen LogP contribution in [-0.2, 0) is 9.84 Å². The van der Waals surface area contributed by atoms with Gasteiger partial charge in [0, 0.05) is 18.7 Å². The maximum atomic E-state index is 13.4. The Morgan fingerprint density at radius 3 is 2.11 bits per heavy atom. The largest absolute Gasteiger partial charge is 0.419 e. The summed E-state index contributed by atoms with van der Waals surface area (Å²) in [5.41, 5.74) is 0.761. The first-order valence-electron chi connectivity index (χ1n) is 9.56. The van der Waals surface area contributed by atoms with E-state index >= 15 is 0 Å². The van der Waals surface area contributed by atoms with Gasteiger partial charge in [0.2, 0.25) is 26.6 Å². The van der Waals surface area contributed by atoms with Crippen molar-refractivity contribution in [2.75, 3.05) is 18.0 Å². The minimum Gasteiger partial charge on any atom is -0.419 e. The molecule has 4 rings (SSSR count). The topological polar surface area (TPSA) is 63.4 Å². The molecule has 1 fully saturated rings. The number of hydrogen-bond acceptors (Lipinski definition) is 5. The van der Waals surface area contributed by atoms with Gasteiger partial charge in [0.15, 0.2) is 0 Å². The Labute approximate surface area is 165 Å². The molecule has 1 aliphatic heterocycles. The van der Waals surface area contributed by atoms with Crippen LogP contribution in [0.5, 0.6) is 0 Å². The Morgan fingerprint density at radius 1 is 0.929 bits per heavy atom. The molecule has 0 bridgehead atoms. The second-order valence-electron chi connectivity index (χ2n) is 7.66. The van der Waals surface area contributed by atoms with Crippen LogP contribution in [0.3, 0.4) is 0 Å².